The van der Waals surface area contributed by atoms with E-state index in [1.54, 1.807) is 0 Å². The van der Waals surface area contributed by atoms with E-state index in [0.717, 1.165) is 18.4 Å². The second-order valence-corrected chi connectivity index (χ2v) is 4.84. The number of hydrogen-bond donors (Lipinski definition) is 1. The minimum Gasteiger partial charge on any atom is -0.460 e. The maximum Gasteiger partial charge on any atom is 0.303 e. The first-order valence-corrected chi connectivity index (χ1v) is 5.38. The van der Waals surface area contributed by atoms with Gasteiger partial charge in [0.2, 0.25) is 0 Å². The average Bonchev–Trinajstić information content (AvgIpc) is 2.07. The SMILES string of the molecule is C=C1CC[C@H](C(C)(C)OC(C)=O)C[C@H]1O. The zero-order valence-corrected chi connectivity index (χ0v) is 9.75. The van der Waals surface area contributed by atoms with Crippen LogP contribution in [0.25, 0.3) is 0 Å². The molecular weight excluding hydrogens is 192 g/mol. The molecule has 15 heavy (non-hydrogen) atoms. The molecule has 0 saturated heterocycles. The molecule has 0 amide bonds. The van der Waals surface area contributed by atoms with Crippen molar-refractivity contribution in [2.24, 2.45) is 5.92 Å². The molecule has 0 aromatic rings. The Balaban J connectivity index is 2.63. The fourth-order valence-electron chi connectivity index (χ4n) is 2.17. The zero-order valence-electron chi connectivity index (χ0n) is 9.75. The van der Waals surface area contributed by atoms with Crippen LogP contribution in [0, 0.1) is 5.92 Å². The molecule has 3 heteroatoms. The Kier molecular flexibility index (Phi) is 3.55. The quantitative estimate of drug-likeness (QED) is 0.563. The topological polar surface area (TPSA) is 46.5 Å². The highest BCUT2D eigenvalue weighted by Crippen LogP contribution is 2.36. The average molecular weight is 212 g/mol. The van der Waals surface area contributed by atoms with E-state index in [9.17, 15) is 9.90 Å². The minimum atomic E-state index is -0.493. The van der Waals surface area contributed by atoms with E-state index in [2.05, 4.69) is 6.58 Å². The Morgan fingerprint density at radius 2 is 2.20 bits per heavy atom. The van der Waals surface area contributed by atoms with E-state index in [1.807, 2.05) is 13.8 Å². The van der Waals surface area contributed by atoms with E-state index < -0.39 is 11.7 Å². The summed E-state index contributed by atoms with van der Waals surface area (Å²) in [5.41, 5.74) is 0.401. The number of carbonyl (C=O) groups excluding carboxylic acids is 1. The van der Waals surface area contributed by atoms with Crippen molar-refractivity contribution in [1.29, 1.82) is 0 Å². The number of carbonyl (C=O) groups is 1. The van der Waals surface area contributed by atoms with Gasteiger partial charge in [-0.1, -0.05) is 6.58 Å². The molecule has 1 N–H and O–H groups in total. The largest absolute Gasteiger partial charge is 0.460 e. The van der Waals surface area contributed by atoms with E-state index in [1.165, 1.54) is 6.92 Å². The van der Waals surface area contributed by atoms with Crippen molar-refractivity contribution in [3.05, 3.63) is 12.2 Å². The Morgan fingerprint density at radius 3 is 2.67 bits per heavy atom. The zero-order chi connectivity index (χ0) is 11.6. The fourth-order valence-corrected chi connectivity index (χ4v) is 2.17. The van der Waals surface area contributed by atoms with Crippen LogP contribution < -0.4 is 0 Å². The summed E-state index contributed by atoms with van der Waals surface area (Å²) in [6, 6.07) is 0. The second kappa shape index (κ2) is 4.35. The van der Waals surface area contributed by atoms with Gasteiger partial charge in [-0.05, 0) is 38.7 Å². The molecule has 1 rings (SSSR count). The second-order valence-electron chi connectivity index (χ2n) is 4.84. The Bertz CT molecular complexity index is 268. The van der Waals surface area contributed by atoms with Crippen LogP contribution in [0.5, 0.6) is 0 Å². The first-order chi connectivity index (χ1) is 6.83. The number of aliphatic hydroxyl groups is 1. The van der Waals surface area contributed by atoms with E-state index in [4.69, 9.17) is 4.74 Å². The molecular formula is C12H20O3. The highest BCUT2D eigenvalue weighted by molar-refractivity contribution is 5.66. The highest BCUT2D eigenvalue weighted by atomic mass is 16.6. The van der Waals surface area contributed by atoms with Crippen molar-refractivity contribution in [1.82, 2.24) is 0 Å². The van der Waals surface area contributed by atoms with Crippen LogP contribution in [0.1, 0.15) is 40.0 Å². The predicted octanol–water partition coefficient (Wildman–Crippen LogP) is 2.05. The highest BCUT2D eigenvalue weighted by Gasteiger charge is 2.36. The molecule has 0 heterocycles. The number of aliphatic hydroxyl groups excluding tert-OH is 1. The maximum atomic E-state index is 10.9. The molecule has 0 radical (unpaired) electrons. The van der Waals surface area contributed by atoms with Crippen LogP contribution in [0.15, 0.2) is 12.2 Å². The minimum absolute atomic E-state index is 0.210. The molecule has 0 aromatic heterocycles. The Labute approximate surface area is 91.1 Å². The summed E-state index contributed by atoms with van der Waals surface area (Å²) in [6.07, 6.45) is 1.94. The molecule has 0 spiro atoms. The summed E-state index contributed by atoms with van der Waals surface area (Å²) in [6.45, 7) is 9.04. The third kappa shape index (κ3) is 3.06. The maximum absolute atomic E-state index is 10.9. The number of rotatable bonds is 2. The van der Waals surface area contributed by atoms with Crippen molar-refractivity contribution in [3.63, 3.8) is 0 Å². The van der Waals surface area contributed by atoms with Gasteiger partial charge < -0.3 is 9.84 Å². The summed E-state index contributed by atoms with van der Waals surface area (Å²) in [5.74, 6) is -0.0548. The van der Waals surface area contributed by atoms with E-state index >= 15 is 0 Å². The Morgan fingerprint density at radius 1 is 1.60 bits per heavy atom. The molecule has 0 bridgehead atoms. The van der Waals surface area contributed by atoms with Crippen LogP contribution in [-0.2, 0) is 9.53 Å². The van der Waals surface area contributed by atoms with Gasteiger partial charge in [0.05, 0.1) is 6.10 Å². The monoisotopic (exact) mass is 212 g/mol. The van der Waals surface area contributed by atoms with E-state index in [0.29, 0.717) is 6.42 Å². The van der Waals surface area contributed by atoms with Crippen molar-refractivity contribution < 1.29 is 14.6 Å². The molecule has 0 unspecified atom stereocenters. The molecule has 1 fully saturated rings. The summed E-state index contributed by atoms with van der Waals surface area (Å²) in [5, 5.41) is 9.71. The molecule has 0 aromatic carbocycles. The van der Waals surface area contributed by atoms with Crippen LogP contribution in [0.4, 0.5) is 0 Å². The molecule has 86 valence electrons. The van der Waals surface area contributed by atoms with Crippen molar-refractivity contribution in [3.8, 4) is 0 Å². The molecule has 0 aliphatic heterocycles. The molecule has 2 atom stereocenters. The third-order valence-corrected chi connectivity index (χ3v) is 3.18. The molecule has 1 saturated carbocycles. The normalized spacial score (nSPS) is 27.6. The van der Waals surface area contributed by atoms with Gasteiger partial charge in [-0.3, -0.25) is 4.79 Å². The van der Waals surface area contributed by atoms with Crippen LogP contribution in [0.3, 0.4) is 0 Å². The lowest BCUT2D eigenvalue weighted by molar-refractivity contribution is -0.160. The van der Waals surface area contributed by atoms with Gasteiger partial charge in [0, 0.05) is 12.8 Å². The fraction of sp³-hybridized carbons (Fsp3) is 0.750. The van der Waals surface area contributed by atoms with Crippen LogP contribution >= 0.6 is 0 Å². The smallest absolute Gasteiger partial charge is 0.303 e. The van der Waals surface area contributed by atoms with Gasteiger partial charge in [-0.2, -0.15) is 0 Å². The lowest BCUT2D eigenvalue weighted by Gasteiger charge is -2.38. The molecule has 1 aliphatic carbocycles. The summed E-state index contributed by atoms with van der Waals surface area (Å²) in [7, 11) is 0. The van der Waals surface area contributed by atoms with Crippen LogP contribution in [0.2, 0.25) is 0 Å². The third-order valence-electron chi connectivity index (χ3n) is 3.18. The Hall–Kier alpha value is -0.830. The number of hydrogen-bond acceptors (Lipinski definition) is 3. The van der Waals surface area contributed by atoms with Gasteiger partial charge >= 0.3 is 5.97 Å². The molecule has 1 aliphatic rings. The predicted molar refractivity (Wildman–Crippen MR) is 58.3 cm³/mol. The lowest BCUT2D eigenvalue weighted by Crippen LogP contribution is -2.40. The van der Waals surface area contributed by atoms with Crippen molar-refractivity contribution >= 4 is 5.97 Å². The van der Waals surface area contributed by atoms with Gasteiger partial charge in [0.25, 0.3) is 0 Å². The standard InChI is InChI=1S/C12H20O3/c1-8-5-6-10(7-11(8)14)12(3,4)15-9(2)13/h10-11,14H,1,5-7H2,2-4H3/t10-,11+/m0/s1. The van der Waals surface area contributed by atoms with Gasteiger partial charge in [0.15, 0.2) is 0 Å². The lowest BCUT2D eigenvalue weighted by atomic mass is 9.76. The first kappa shape index (κ1) is 12.2. The first-order valence-electron chi connectivity index (χ1n) is 5.38. The molecule has 3 nitrogen and oxygen atoms in total. The summed E-state index contributed by atoms with van der Waals surface area (Å²) < 4.78 is 5.28. The number of ether oxygens (including phenoxy) is 1. The van der Waals surface area contributed by atoms with Gasteiger partial charge in [-0.15, -0.1) is 0 Å². The van der Waals surface area contributed by atoms with Crippen LogP contribution in [-0.4, -0.2) is 22.8 Å². The van der Waals surface area contributed by atoms with E-state index in [-0.39, 0.29) is 11.9 Å². The van der Waals surface area contributed by atoms with Crippen molar-refractivity contribution in [2.75, 3.05) is 0 Å². The summed E-state index contributed by atoms with van der Waals surface area (Å²) >= 11 is 0. The number of esters is 1. The van der Waals surface area contributed by atoms with Crippen molar-refractivity contribution in [2.45, 2.75) is 51.7 Å². The van der Waals surface area contributed by atoms with Gasteiger partial charge in [0.1, 0.15) is 5.60 Å². The van der Waals surface area contributed by atoms with Gasteiger partial charge in [-0.25, -0.2) is 0 Å². The summed E-state index contributed by atoms with van der Waals surface area (Å²) in [4.78, 5) is 10.9.